The van der Waals surface area contributed by atoms with Crippen LogP contribution in [0.1, 0.15) is 23.6 Å². The number of nitro groups is 1. The number of aryl methyl sites for hydroxylation is 1. The van der Waals surface area contributed by atoms with Gasteiger partial charge in [0.25, 0.3) is 5.69 Å². The van der Waals surface area contributed by atoms with E-state index in [1.165, 1.54) is 37.4 Å². The molecule has 0 aliphatic heterocycles. The maximum Gasteiger partial charge on any atom is 0.407 e. The fourth-order valence-corrected chi connectivity index (χ4v) is 3.02. The molecule has 1 aromatic carbocycles. The molecule has 0 bridgehead atoms. The van der Waals surface area contributed by atoms with Gasteiger partial charge in [-0.25, -0.2) is 18.2 Å². The molecule has 1 heterocycles. The Hall–Kier alpha value is -3.21. The topological polar surface area (TPSA) is 143 Å². The summed E-state index contributed by atoms with van der Waals surface area (Å²) < 4.78 is 26.1. The lowest BCUT2D eigenvalue weighted by atomic mass is 10.1. The van der Waals surface area contributed by atoms with Crippen molar-refractivity contribution in [2.45, 2.75) is 26.9 Å². The number of benzene rings is 1. The molecule has 0 fully saturated rings. The standard InChI is InChI=1S/C17H20N4O6S/c1-3-28(26,27)19-16-14(8-12(2)9-18-16)11-20(17(22)23)10-13-4-6-15(7-5-13)21(24)25/h4-9H,3,10-11H2,1-2H3,(H,18,19)(H,22,23). The zero-order valence-electron chi connectivity index (χ0n) is 15.3. The summed E-state index contributed by atoms with van der Waals surface area (Å²) in [7, 11) is -3.58. The monoisotopic (exact) mass is 408 g/mol. The van der Waals surface area contributed by atoms with Gasteiger partial charge in [-0.15, -0.1) is 0 Å². The Morgan fingerprint density at radius 1 is 1.29 bits per heavy atom. The van der Waals surface area contributed by atoms with E-state index in [0.29, 0.717) is 11.1 Å². The molecule has 0 spiro atoms. The van der Waals surface area contributed by atoms with Gasteiger partial charge in [0.2, 0.25) is 10.0 Å². The van der Waals surface area contributed by atoms with Crippen molar-refractivity contribution in [2.75, 3.05) is 10.5 Å². The summed E-state index contributed by atoms with van der Waals surface area (Å²) in [6.07, 6.45) is 0.266. The number of nitrogens with zero attached hydrogens (tertiary/aromatic N) is 3. The van der Waals surface area contributed by atoms with E-state index < -0.39 is 21.0 Å². The minimum atomic E-state index is -3.58. The highest BCUT2D eigenvalue weighted by atomic mass is 32.2. The Morgan fingerprint density at radius 3 is 2.46 bits per heavy atom. The first-order chi connectivity index (χ1) is 13.1. The zero-order valence-corrected chi connectivity index (χ0v) is 16.1. The number of anilines is 1. The molecule has 0 unspecified atom stereocenters. The average molecular weight is 408 g/mol. The van der Waals surface area contributed by atoms with Crippen LogP contribution in [0.3, 0.4) is 0 Å². The van der Waals surface area contributed by atoms with Crippen LogP contribution in [0.5, 0.6) is 0 Å². The molecular formula is C17H20N4O6S. The normalized spacial score (nSPS) is 11.1. The Balaban J connectivity index is 2.27. The van der Waals surface area contributed by atoms with Crippen LogP contribution in [0.15, 0.2) is 36.5 Å². The summed E-state index contributed by atoms with van der Waals surface area (Å²) in [5.74, 6) is -0.0737. The van der Waals surface area contributed by atoms with Crippen molar-refractivity contribution in [3.63, 3.8) is 0 Å². The number of nitro benzene ring substituents is 1. The van der Waals surface area contributed by atoms with Gasteiger partial charge in [-0.05, 0) is 31.0 Å². The SMILES string of the molecule is CCS(=O)(=O)Nc1ncc(C)cc1CN(Cc1ccc([N+](=O)[O-])cc1)C(=O)O. The molecule has 0 saturated heterocycles. The number of pyridine rings is 1. The van der Waals surface area contributed by atoms with Gasteiger partial charge in [-0.3, -0.25) is 19.7 Å². The molecule has 0 atom stereocenters. The van der Waals surface area contributed by atoms with E-state index >= 15 is 0 Å². The number of amides is 1. The van der Waals surface area contributed by atoms with E-state index in [9.17, 15) is 28.4 Å². The average Bonchev–Trinajstić information content (AvgIpc) is 2.63. The third kappa shape index (κ3) is 5.64. The number of sulfonamides is 1. The van der Waals surface area contributed by atoms with Crippen molar-refractivity contribution in [3.05, 3.63) is 63.3 Å². The van der Waals surface area contributed by atoms with Crippen molar-refractivity contribution in [2.24, 2.45) is 0 Å². The minimum absolute atomic E-state index is 0.0266. The molecule has 150 valence electrons. The van der Waals surface area contributed by atoms with Gasteiger partial charge in [0.1, 0.15) is 5.82 Å². The van der Waals surface area contributed by atoms with Gasteiger partial charge in [0, 0.05) is 30.4 Å². The van der Waals surface area contributed by atoms with Gasteiger partial charge in [-0.1, -0.05) is 12.1 Å². The summed E-state index contributed by atoms with van der Waals surface area (Å²) in [4.78, 5) is 27.0. The van der Waals surface area contributed by atoms with Crippen LogP contribution in [-0.4, -0.2) is 40.2 Å². The fraction of sp³-hybridized carbons (Fsp3) is 0.294. The first kappa shape index (κ1) is 21.1. The van der Waals surface area contributed by atoms with Crippen LogP contribution in [0.2, 0.25) is 0 Å². The van der Waals surface area contributed by atoms with Crippen LogP contribution in [-0.2, 0) is 23.1 Å². The molecule has 1 amide bonds. The Labute approximate surface area is 162 Å². The maximum absolute atomic E-state index is 11.9. The Bertz CT molecular complexity index is 976. The number of aromatic nitrogens is 1. The zero-order chi connectivity index (χ0) is 20.9. The Kier molecular flexibility index (Phi) is 6.52. The number of rotatable bonds is 8. The van der Waals surface area contributed by atoms with Crippen LogP contribution in [0.4, 0.5) is 16.3 Å². The Morgan fingerprint density at radius 2 is 1.93 bits per heavy atom. The molecule has 2 N–H and O–H groups in total. The summed E-state index contributed by atoms with van der Waals surface area (Å²) in [5, 5.41) is 20.3. The summed E-state index contributed by atoms with van der Waals surface area (Å²) in [6.45, 7) is 3.11. The van der Waals surface area contributed by atoms with Gasteiger partial charge in [0.05, 0.1) is 17.2 Å². The second-order valence-electron chi connectivity index (χ2n) is 6.09. The van der Waals surface area contributed by atoms with Crippen LogP contribution in [0.25, 0.3) is 0 Å². The van der Waals surface area contributed by atoms with Crippen molar-refractivity contribution >= 4 is 27.6 Å². The van der Waals surface area contributed by atoms with E-state index in [1.54, 1.807) is 13.0 Å². The highest BCUT2D eigenvalue weighted by molar-refractivity contribution is 7.92. The highest BCUT2D eigenvalue weighted by Crippen LogP contribution is 2.20. The molecule has 0 radical (unpaired) electrons. The van der Waals surface area contributed by atoms with Gasteiger partial charge in [-0.2, -0.15) is 0 Å². The molecule has 0 aliphatic carbocycles. The fourth-order valence-electron chi connectivity index (χ4n) is 2.40. The molecule has 11 heteroatoms. The van der Waals surface area contributed by atoms with Crippen LogP contribution >= 0.6 is 0 Å². The third-order valence-corrected chi connectivity index (χ3v) is 5.15. The van der Waals surface area contributed by atoms with Gasteiger partial charge >= 0.3 is 6.09 Å². The van der Waals surface area contributed by atoms with Crippen molar-refractivity contribution in [1.29, 1.82) is 0 Å². The number of nitrogens with one attached hydrogen (secondary N) is 1. The molecular weight excluding hydrogens is 388 g/mol. The lowest BCUT2D eigenvalue weighted by molar-refractivity contribution is -0.384. The molecule has 0 saturated carbocycles. The molecule has 2 rings (SSSR count). The van der Waals surface area contributed by atoms with Gasteiger partial charge in [0.15, 0.2) is 0 Å². The lowest BCUT2D eigenvalue weighted by Gasteiger charge is -2.21. The van der Waals surface area contributed by atoms with E-state index in [-0.39, 0.29) is 30.3 Å². The van der Waals surface area contributed by atoms with E-state index in [1.807, 2.05) is 0 Å². The first-order valence-corrected chi connectivity index (χ1v) is 9.93. The van der Waals surface area contributed by atoms with Crippen LogP contribution in [0, 0.1) is 17.0 Å². The van der Waals surface area contributed by atoms with E-state index in [4.69, 9.17) is 0 Å². The predicted octanol–water partition coefficient (Wildman–Crippen LogP) is 2.74. The quantitative estimate of drug-likeness (QED) is 0.505. The molecule has 1 aromatic heterocycles. The maximum atomic E-state index is 11.9. The molecule has 0 aliphatic rings. The van der Waals surface area contributed by atoms with Gasteiger partial charge < -0.3 is 5.11 Å². The molecule has 2 aromatic rings. The molecule has 28 heavy (non-hydrogen) atoms. The van der Waals surface area contributed by atoms with E-state index in [0.717, 1.165) is 10.5 Å². The third-order valence-electron chi connectivity index (χ3n) is 3.89. The van der Waals surface area contributed by atoms with Crippen molar-refractivity contribution in [1.82, 2.24) is 9.88 Å². The number of non-ortho nitro benzene ring substituents is 1. The van der Waals surface area contributed by atoms with Crippen molar-refractivity contribution < 1.29 is 23.2 Å². The number of hydrogen-bond acceptors (Lipinski definition) is 6. The number of carboxylic acid groups (broad SMARTS) is 1. The highest BCUT2D eigenvalue weighted by Gasteiger charge is 2.19. The van der Waals surface area contributed by atoms with Crippen LogP contribution < -0.4 is 4.72 Å². The molecule has 10 nitrogen and oxygen atoms in total. The largest absolute Gasteiger partial charge is 0.465 e. The summed E-state index contributed by atoms with van der Waals surface area (Å²) in [6, 6.07) is 7.20. The lowest BCUT2D eigenvalue weighted by Crippen LogP contribution is -2.29. The van der Waals surface area contributed by atoms with E-state index in [2.05, 4.69) is 9.71 Å². The smallest absolute Gasteiger partial charge is 0.407 e. The minimum Gasteiger partial charge on any atom is -0.465 e. The number of carbonyl (C=O) groups is 1. The second-order valence-corrected chi connectivity index (χ2v) is 8.10. The number of hydrogen-bond donors (Lipinski definition) is 2. The van der Waals surface area contributed by atoms with Crippen molar-refractivity contribution in [3.8, 4) is 0 Å². The predicted molar refractivity (Wildman–Crippen MR) is 102 cm³/mol. The summed E-state index contributed by atoms with van der Waals surface area (Å²) in [5.41, 5.74) is 1.62. The summed E-state index contributed by atoms with van der Waals surface area (Å²) >= 11 is 0. The first-order valence-electron chi connectivity index (χ1n) is 8.28. The second kappa shape index (κ2) is 8.65.